The maximum Gasteiger partial charge on any atom is 0.339 e. The van der Waals surface area contributed by atoms with Crippen molar-refractivity contribution >= 4 is 23.5 Å². The average Bonchev–Trinajstić information content (AvgIpc) is 2.84. The summed E-state index contributed by atoms with van der Waals surface area (Å²) in [6, 6.07) is 14.1. The van der Waals surface area contributed by atoms with E-state index in [-0.39, 0.29) is 17.7 Å². The van der Waals surface area contributed by atoms with E-state index in [4.69, 9.17) is 21.1 Å². The lowest BCUT2D eigenvalue weighted by atomic mass is 10.1. The van der Waals surface area contributed by atoms with E-state index in [1.54, 1.807) is 30.3 Å². The standard InChI is InChI=1S/C29H39ClO4/c1-2-3-4-5-6-7-8-9-10-11-14-21-33-28(31)26-18-12-13-19-27(26)29(32)34-22-20-24-16-15-17-25(30)23-24/h12-13,15-19,23H,2-11,14,20-22H2,1H3. The van der Waals surface area contributed by atoms with Gasteiger partial charge in [0.2, 0.25) is 0 Å². The Morgan fingerprint density at radius 3 is 1.76 bits per heavy atom. The van der Waals surface area contributed by atoms with Crippen molar-refractivity contribution < 1.29 is 19.1 Å². The lowest BCUT2D eigenvalue weighted by Crippen LogP contribution is -2.15. The Hall–Kier alpha value is -2.33. The highest BCUT2D eigenvalue weighted by Crippen LogP contribution is 2.15. The summed E-state index contributed by atoms with van der Waals surface area (Å²) in [5.41, 5.74) is 1.47. The number of hydrogen-bond donors (Lipinski definition) is 0. The number of benzene rings is 2. The molecule has 2 aromatic rings. The second kappa shape index (κ2) is 17.2. The first-order chi connectivity index (χ1) is 16.6. The number of rotatable bonds is 17. The van der Waals surface area contributed by atoms with Gasteiger partial charge in [-0.1, -0.05) is 107 Å². The summed E-state index contributed by atoms with van der Waals surface area (Å²) in [5, 5.41) is 0.648. The Bertz CT molecular complexity index is 865. The fourth-order valence-corrected chi connectivity index (χ4v) is 4.09. The number of carbonyl (C=O) groups is 2. The molecule has 0 amide bonds. The molecule has 0 saturated heterocycles. The first-order valence-electron chi connectivity index (χ1n) is 12.8. The minimum absolute atomic E-state index is 0.210. The number of carbonyl (C=O) groups excluding carboxylic acids is 2. The predicted octanol–water partition coefficient (Wildman–Crippen LogP) is 8.21. The molecule has 2 aromatic carbocycles. The average molecular weight is 487 g/mol. The number of hydrogen-bond acceptors (Lipinski definition) is 4. The molecule has 0 aliphatic rings. The Morgan fingerprint density at radius 1 is 0.676 bits per heavy atom. The van der Waals surface area contributed by atoms with Crippen molar-refractivity contribution in [2.24, 2.45) is 0 Å². The van der Waals surface area contributed by atoms with Crippen LogP contribution >= 0.6 is 11.6 Å². The summed E-state index contributed by atoms with van der Waals surface area (Å²) >= 11 is 5.99. The van der Waals surface area contributed by atoms with Gasteiger partial charge in [-0.05, 0) is 36.2 Å². The number of halogens is 1. The molecular formula is C29H39ClO4. The van der Waals surface area contributed by atoms with Gasteiger partial charge in [-0.25, -0.2) is 9.59 Å². The maximum atomic E-state index is 12.5. The Morgan fingerprint density at radius 2 is 1.21 bits per heavy atom. The van der Waals surface area contributed by atoms with E-state index in [1.807, 2.05) is 18.2 Å². The van der Waals surface area contributed by atoms with Gasteiger partial charge < -0.3 is 9.47 Å². The second-order valence-electron chi connectivity index (χ2n) is 8.73. The number of unbranched alkanes of at least 4 members (excludes halogenated alkanes) is 10. The molecule has 2 rings (SSSR count). The van der Waals surface area contributed by atoms with Crippen LogP contribution in [-0.4, -0.2) is 25.2 Å². The van der Waals surface area contributed by atoms with E-state index in [9.17, 15) is 9.59 Å². The molecule has 0 aliphatic carbocycles. The molecule has 0 aromatic heterocycles. The number of ether oxygens (including phenoxy) is 2. The summed E-state index contributed by atoms with van der Waals surface area (Å²) in [4.78, 5) is 25.1. The van der Waals surface area contributed by atoms with Gasteiger partial charge in [0, 0.05) is 11.4 Å². The molecular weight excluding hydrogens is 448 g/mol. The zero-order chi connectivity index (χ0) is 24.4. The van der Waals surface area contributed by atoms with E-state index in [1.165, 1.54) is 57.8 Å². The molecule has 34 heavy (non-hydrogen) atoms. The van der Waals surface area contributed by atoms with Gasteiger partial charge in [0.1, 0.15) is 0 Å². The smallest absolute Gasteiger partial charge is 0.339 e. The van der Waals surface area contributed by atoms with Crippen molar-refractivity contribution in [3.05, 3.63) is 70.2 Å². The van der Waals surface area contributed by atoms with Crippen LogP contribution in [0.1, 0.15) is 104 Å². The predicted molar refractivity (Wildman–Crippen MR) is 139 cm³/mol. The first-order valence-corrected chi connectivity index (χ1v) is 13.2. The van der Waals surface area contributed by atoms with Gasteiger partial charge in [-0.15, -0.1) is 0 Å². The molecule has 0 unspecified atom stereocenters. The summed E-state index contributed by atoms with van der Waals surface area (Å²) in [7, 11) is 0. The molecule has 0 heterocycles. The summed E-state index contributed by atoms with van der Waals surface area (Å²) < 4.78 is 10.8. The molecule has 5 heteroatoms. The Labute approximate surface area is 210 Å². The number of esters is 2. The van der Waals surface area contributed by atoms with E-state index < -0.39 is 11.9 Å². The van der Waals surface area contributed by atoms with Crippen LogP contribution in [0.5, 0.6) is 0 Å². The van der Waals surface area contributed by atoms with Crippen molar-refractivity contribution in [3.63, 3.8) is 0 Å². The normalized spacial score (nSPS) is 10.8. The van der Waals surface area contributed by atoms with Crippen LogP contribution in [0.3, 0.4) is 0 Å². The third-order valence-corrected chi connectivity index (χ3v) is 6.10. The Kier molecular flexibility index (Phi) is 14.1. The molecule has 0 radical (unpaired) electrons. The minimum Gasteiger partial charge on any atom is -0.462 e. The van der Waals surface area contributed by atoms with Crippen LogP contribution in [0.25, 0.3) is 0 Å². The SMILES string of the molecule is CCCCCCCCCCCCCOC(=O)c1ccccc1C(=O)OCCc1cccc(Cl)c1. The van der Waals surface area contributed by atoms with E-state index >= 15 is 0 Å². The lowest BCUT2D eigenvalue weighted by molar-refractivity contribution is 0.0455. The zero-order valence-corrected chi connectivity index (χ0v) is 21.3. The quantitative estimate of drug-likeness (QED) is 0.167. The van der Waals surface area contributed by atoms with Crippen molar-refractivity contribution in [2.45, 2.75) is 84.0 Å². The highest BCUT2D eigenvalue weighted by atomic mass is 35.5. The highest BCUT2D eigenvalue weighted by molar-refractivity contribution is 6.30. The van der Waals surface area contributed by atoms with Crippen LogP contribution in [0, 0.1) is 0 Å². The van der Waals surface area contributed by atoms with Crippen molar-refractivity contribution in [2.75, 3.05) is 13.2 Å². The minimum atomic E-state index is -0.524. The van der Waals surface area contributed by atoms with Gasteiger partial charge in [0.05, 0.1) is 24.3 Å². The van der Waals surface area contributed by atoms with Gasteiger partial charge in [-0.3, -0.25) is 0 Å². The molecule has 0 saturated carbocycles. The molecule has 186 valence electrons. The Balaban J connectivity index is 1.64. The highest BCUT2D eigenvalue weighted by Gasteiger charge is 2.18. The largest absolute Gasteiger partial charge is 0.462 e. The van der Waals surface area contributed by atoms with Gasteiger partial charge in [0.15, 0.2) is 0 Å². The van der Waals surface area contributed by atoms with Gasteiger partial charge in [-0.2, -0.15) is 0 Å². The lowest BCUT2D eigenvalue weighted by Gasteiger charge is -2.10. The van der Waals surface area contributed by atoms with Crippen molar-refractivity contribution in [1.82, 2.24) is 0 Å². The molecule has 4 nitrogen and oxygen atoms in total. The van der Waals surface area contributed by atoms with Crippen LogP contribution < -0.4 is 0 Å². The molecule has 0 N–H and O–H groups in total. The van der Waals surface area contributed by atoms with Crippen LogP contribution in [-0.2, 0) is 15.9 Å². The molecule has 0 spiro atoms. The van der Waals surface area contributed by atoms with Gasteiger partial charge in [0.25, 0.3) is 0 Å². The second-order valence-corrected chi connectivity index (χ2v) is 9.17. The molecule has 0 bridgehead atoms. The summed E-state index contributed by atoms with van der Waals surface area (Å²) in [5.74, 6) is -1.00. The summed E-state index contributed by atoms with van der Waals surface area (Å²) in [6.45, 7) is 2.82. The van der Waals surface area contributed by atoms with Crippen LogP contribution in [0.4, 0.5) is 0 Å². The maximum absolute atomic E-state index is 12.5. The third-order valence-electron chi connectivity index (χ3n) is 5.86. The molecule has 0 fully saturated rings. The van der Waals surface area contributed by atoms with Crippen LogP contribution in [0.15, 0.2) is 48.5 Å². The molecule has 0 aliphatic heterocycles. The van der Waals surface area contributed by atoms with E-state index in [2.05, 4.69) is 6.92 Å². The van der Waals surface area contributed by atoms with Crippen molar-refractivity contribution in [1.29, 1.82) is 0 Å². The monoisotopic (exact) mass is 486 g/mol. The topological polar surface area (TPSA) is 52.6 Å². The molecule has 0 atom stereocenters. The van der Waals surface area contributed by atoms with E-state index in [0.717, 1.165) is 18.4 Å². The summed E-state index contributed by atoms with van der Waals surface area (Å²) in [6.07, 6.45) is 14.2. The van der Waals surface area contributed by atoms with Gasteiger partial charge >= 0.3 is 11.9 Å². The van der Waals surface area contributed by atoms with Crippen molar-refractivity contribution in [3.8, 4) is 0 Å². The fourth-order valence-electron chi connectivity index (χ4n) is 3.88. The fraction of sp³-hybridized carbons (Fsp3) is 0.517. The van der Waals surface area contributed by atoms with Crippen LogP contribution in [0.2, 0.25) is 5.02 Å². The zero-order valence-electron chi connectivity index (χ0n) is 20.5. The first kappa shape index (κ1) is 27.9. The third kappa shape index (κ3) is 11.2. The van der Waals surface area contributed by atoms with E-state index in [0.29, 0.717) is 18.1 Å².